The monoisotopic (exact) mass is 514 g/mol. The quantitative estimate of drug-likeness (QED) is 0.443. The summed E-state index contributed by atoms with van der Waals surface area (Å²) in [6.45, 7) is -0.777. The van der Waals surface area contributed by atoms with Crippen LogP contribution in [0.1, 0.15) is 11.1 Å². The lowest BCUT2D eigenvalue weighted by Crippen LogP contribution is -2.40. The molecule has 0 radical (unpaired) electrons. The van der Waals surface area contributed by atoms with E-state index < -0.39 is 28.3 Å². The first-order chi connectivity index (χ1) is 15.2. The first-order valence-corrected chi connectivity index (χ1v) is 11.9. The highest BCUT2D eigenvalue weighted by Gasteiger charge is 2.27. The van der Waals surface area contributed by atoms with Crippen molar-refractivity contribution in [3.63, 3.8) is 0 Å². The van der Waals surface area contributed by atoms with E-state index in [0.717, 1.165) is 4.31 Å². The van der Waals surface area contributed by atoms with Crippen molar-refractivity contribution in [1.82, 2.24) is 9.62 Å². The van der Waals surface area contributed by atoms with Gasteiger partial charge in [0.15, 0.2) is 0 Å². The molecule has 0 spiro atoms. The molecule has 168 valence electrons. The summed E-state index contributed by atoms with van der Waals surface area (Å²) in [5.74, 6) is -1.15. The van der Waals surface area contributed by atoms with Crippen LogP contribution >= 0.6 is 34.8 Å². The molecule has 3 aromatic rings. The van der Waals surface area contributed by atoms with Gasteiger partial charge < -0.3 is 5.32 Å². The van der Waals surface area contributed by atoms with Gasteiger partial charge in [-0.1, -0.05) is 59.1 Å². The molecule has 0 unspecified atom stereocenters. The second kappa shape index (κ2) is 10.6. The summed E-state index contributed by atoms with van der Waals surface area (Å²) < 4.78 is 41.5. The predicted octanol–water partition coefficient (Wildman–Crippen LogP) is 5.29. The molecule has 0 heterocycles. The highest BCUT2D eigenvalue weighted by molar-refractivity contribution is 7.89. The molecule has 0 aliphatic rings. The van der Waals surface area contributed by atoms with E-state index in [9.17, 15) is 17.6 Å². The van der Waals surface area contributed by atoms with E-state index in [1.165, 1.54) is 42.5 Å². The van der Waals surface area contributed by atoms with E-state index in [1.54, 1.807) is 24.3 Å². The summed E-state index contributed by atoms with van der Waals surface area (Å²) in [5, 5.41) is 3.82. The lowest BCUT2D eigenvalue weighted by atomic mass is 10.2. The van der Waals surface area contributed by atoms with Crippen molar-refractivity contribution in [1.29, 1.82) is 0 Å². The Morgan fingerprint density at radius 2 is 1.56 bits per heavy atom. The number of hydrogen-bond donors (Lipinski definition) is 1. The highest BCUT2D eigenvalue weighted by atomic mass is 35.5. The van der Waals surface area contributed by atoms with Crippen LogP contribution in [0.2, 0.25) is 15.1 Å². The summed E-state index contributed by atoms with van der Waals surface area (Å²) in [5.41, 5.74) is 0.754. The Morgan fingerprint density at radius 1 is 0.906 bits per heavy atom. The zero-order valence-electron chi connectivity index (χ0n) is 16.6. The average molecular weight is 516 g/mol. The van der Waals surface area contributed by atoms with E-state index in [1.807, 2.05) is 0 Å². The van der Waals surface area contributed by atoms with Crippen molar-refractivity contribution in [2.24, 2.45) is 0 Å². The summed E-state index contributed by atoms with van der Waals surface area (Å²) in [6, 6.07) is 16.1. The zero-order valence-corrected chi connectivity index (χ0v) is 19.6. The van der Waals surface area contributed by atoms with E-state index in [4.69, 9.17) is 34.8 Å². The molecular weight excluding hydrogens is 498 g/mol. The number of hydrogen-bond acceptors (Lipinski definition) is 3. The van der Waals surface area contributed by atoms with Crippen molar-refractivity contribution in [3.8, 4) is 0 Å². The molecule has 3 aromatic carbocycles. The van der Waals surface area contributed by atoms with Gasteiger partial charge in [-0.3, -0.25) is 4.79 Å². The van der Waals surface area contributed by atoms with Crippen LogP contribution in [0.4, 0.5) is 4.39 Å². The van der Waals surface area contributed by atoms with Gasteiger partial charge in [0.2, 0.25) is 15.9 Å². The van der Waals surface area contributed by atoms with Crippen LogP contribution in [0, 0.1) is 5.82 Å². The van der Waals surface area contributed by atoms with Gasteiger partial charge in [-0.2, -0.15) is 4.31 Å². The number of nitrogens with zero attached hydrogens (tertiary/aromatic N) is 1. The Kier molecular flexibility index (Phi) is 8.14. The van der Waals surface area contributed by atoms with Gasteiger partial charge in [-0.25, -0.2) is 12.8 Å². The molecular formula is C22H18Cl3FN2O3S. The van der Waals surface area contributed by atoms with Crippen molar-refractivity contribution < 1.29 is 17.6 Å². The third-order valence-corrected chi connectivity index (χ3v) is 7.21. The number of carbonyl (C=O) groups is 1. The van der Waals surface area contributed by atoms with Crippen molar-refractivity contribution in [3.05, 3.63) is 98.7 Å². The summed E-state index contributed by atoms with van der Waals surface area (Å²) in [6.07, 6.45) is 0. The van der Waals surface area contributed by atoms with Crippen molar-refractivity contribution >= 4 is 50.7 Å². The Hall–Kier alpha value is -2.16. The smallest absolute Gasteiger partial charge is 0.243 e. The SMILES string of the molecule is O=C(CN(Cc1ccccc1F)S(=O)(=O)c1ccc(Cl)cc1)NCc1ccc(Cl)cc1Cl. The molecule has 32 heavy (non-hydrogen) atoms. The fourth-order valence-electron chi connectivity index (χ4n) is 2.87. The van der Waals surface area contributed by atoms with E-state index in [0.29, 0.717) is 20.6 Å². The van der Waals surface area contributed by atoms with Crippen LogP contribution in [0.25, 0.3) is 0 Å². The van der Waals surface area contributed by atoms with Gasteiger partial charge in [0.05, 0.1) is 11.4 Å². The van der Waals surface area contributed by atoms with Gasteiger partial charge in [-0.15, -0.1) is 0 Å². The van der Waals surface area contributed by atoms with E-state index in [2.05, 4.69) is 5.32 Å². The number of amides is 1. The fourth-order valence-corrected chi connectivity index (χ4v) is 4.85. The molecule has 0 fully saturated rings. The Morgan fingerprint density at radius 3 is 2.22 bits per heavy atom. The average Bonchev–Trinajstić information content (AvgIpc) is 2.74. The summed E-state index contributed by atoms with van der Waals surface area (Å²) in [7, 11) is -4.12. The first-order valence-electron chi connectivity index (χ1n) is 9.36. The van der Waals surface area contributed by atoms with E-state index in [-0.39, 0.29) is 23.5 Å². The Bertz CT molecular complexity index is 1220. The molecule has 1 amide bonds. The van der Waals surface area contributed by atoms with E-state index >= 15 is 0 Å². The van der Waals surface area contributed by atoms with Crippen LogP contribution in [-0.2, 0) is 27.9 Å². The third-order valence-electron chi connectivity index (χ3n) is 4.57. The second-order valence-electron chi connectivity index (χ2n) is 6.83. The van der Waals surface area contributed by atoms with Gasteiger partial charge in [0.25, 0.3) is 0 Å². The predicted molar refractivity (Wildman–Crippen MR) is 124 cm³/mol. The van der Waals surface area contributed by atoms with Crippen molar-refractivity contribution in [2.75, 3.05) is 6.54 Å². The normalized spacial score (nSPS) is 11.5. The third kappa shape index (κ3) is 6.21. The first kappa shape index (κ1) is 24.5. The lowest BCUT2D eigenvalue weighted by molar-refractivity contribution is -0.121. The Balaban J connectivity index is 1.82. The minimum absolute atomic E-state index is 0.0632. The topological polar surface area (TPSA) is 66.5 Å². The molecule has 5 nitrogen and oxygen atoms in total. The summed E-state index contributed by atoms with van der Waals surface area (Å²) >= 11 is 17.8. The molecule has 0 saturated carbocycles. The number of benzene rings is 3. The van der Waals surface area contributed by atoms with Crippen LogP contribution in [-0.4, -0.2) is 25.2 Å². The maximum atomic E-state index is 14.2. The summed E-state index contributed by atoms with van der Waals surface area (Å²) in [4.78, 5) is 12.5. The molecule has 0 saturated heterocycles. The number of carbonyl (C=O) groups excluding carboxylic acids is 1. The second-order valence-corrected chi connectivity index (χ2v) is 10.0. The van der Waals surface area contributed by atoms with Crippen molar-refractivity contribution in [2.45, 2.75) is 18.0 Å². The molecule has 0 atom stereocenters. The highest BCUT2D eigenvalue weighted by Crippen LogP contribution is 2.22. The van der Waals surface area contributed by atoms with Gasteiger partial charge in [0.1, 0.15) is 5.82 Å². The molecule has 0 aliphatic carbocycles. The molecule has 3 rings (SSSR count). The number of rotatable bonds is 8. The zero-order chi connectivity index (χ0) is 23.3. The molecule has 0 aromatic heterocycles. The number of nitrogens with one attached hydrogen (secondary N) is 1. The minimum Gasteiger partial charge on any atom is -0.351 e. The maximum absolute atomic E-state index is 14.2. The molecule has 0 aliphatic heterocycles. The molecule has 0 bridgehead atoms. The van der Waals surface area contributed by atoms with Crippen LogP contribution in [0.3, 0.4) is 0 Å². The maximum Gasteiger partial charge on any atom is 0.243 e. The van der Waals surface area contributed by atoms with Crippen LogP contribution in [0.5, 0.6) is 0 Å². The van der Waals surface area contributed by atoms with Gasteiger partial charge in [-0.05, 0) is 48.0 Å². The van der Waals surface area contributed by atoms with Crippen LogP contribution in [0.15, 0.2) is 71.6 Å². The number of sulfonamides is 1. The standard InChI is InChI=1S/C22H18Cl3FN2O3S/c23-17-7-9-19(10-8-17)32(30,31)28(13-16-3-1-2-4-21(16)26)14-22(29)27-12-15-5-6-18(24)11-20(15)25/h1-11H,12-14H2,(H,27,29). The van der Waals surface area contributed by atoms with Gasteiger partial charge >= 0.3 is 0 Å². The number of halogens is 4. The minimum atomic E-state index is -4.12. The van der Waals surface area contributed by atoms with Crippen LogP contribution < -0.4 is 5.32 Å². The lowest BCUT2D eigenvalue weighted by Gasteiger charge is -2.22. The van der Waals surface area contributed by atoms with Gasteiger partial charge in [0, 0.05) is 33.7 Å². The Labute approximate surface area is 200 Å². The molecule has 1 N–H and O–H groups in total. The largest absolute Gasteiger partial charge is 0.351 e. The fraction of sp³-hybridized carbons (Fsp3) is 0.136. The molecule has 10 heteroatoms.